The number of furan rings is 1. The summed E-state index contributed by atoms with van der Waals surface area (Å²) >= 11 is 1.74. The van der Waals surface area contributed by atoms with E-state index in [4.69, 9.17) is 4.42 Å². The predicted molar refractivity (Wildman–Crippen MR) is 98.0 cm³/mol. The molecule has 23 heavy (non-hydrogen) atoms. The van der Waals surface area contributed by atoms with Gasteiger partial charge in [-0.05, 0) is 31.7 Å². The van der Waals surface area contributed by atoms with Crippen LogP contribution in [0.3, 0.4) is 0 Å². The van der Waals surface area contributed by atoms with Crippen molar-refractivity contribution in [1.82, 2.24) is 10.6 Å². The largest absolute Gasteiger partial charge is 0.469 e. The molecule has 132 valence electrons. The second kappa shape index (κ2) is 10.6. The van der Waals surface area contributed by atoms with Gasteiger partial charge < -0.3 is 15.1 Å². The lowest BCUT2D eigenvalue weighted by Crippen LogP contribution is -2.43. The molecule has 0 aliphatic heterocycles. The zero-order chi connectivity index (χ0) is 17.1. The van der Waals surface area contributed by atoms with Gasteiger partial charge >= 0.3 is 0 Å². The van der Waals surface area contributed by atoms with Gasteiger partial charge in [0.2, 0.25) is 0 Å². The van der Waals surface area contributed by atoms with Crippen molar-refractivity contribution < 1.29 is 12.8 Å². The minimum absolute atomic E-state index is 0.0360. The van der Waals surface area contributed by atoms with Gasteiger partial charge in [0.1, 0.15) is 15.6 Å². The maximum Gasteiger partial charge on any atom is 0.191 e. The minimum Gasteiger partial charge on any atom is -0.469 e. The van der Waals surface area contributed by atoms with Gasteiger partial charge in [0.05, 0.1) is 18.6 Å². The second-order valence-corrected chi connectivity index (χ2v) is 8.69. The quantitative estimate of drug-likeness (QED) is 0.374. The summed E-state index contributed by atoms with van der Waals surface area (Å²) in [7, 11) is -2.94. The van der Waals surface area contributed by atoms with Crippen LogP contribution in [0, 0.1) is 0 Å². The van der Waals surface area contributed by atoms with Crippen molar-refractivity contribution >= 4 is 27.6 Å². The van der Waals surface area contributed by atoms with Crippen molar-refractivity contribution in [2.75, 3.05) is 37.1 Å². The molecule has 1 atom stereocenters. The van der Waals surface area contributed by atoms with Crippen LogP contribution in [0.4, 0.5) is 0 Å². The summed E-state index contributed by atoms with van der Waals surface area (Å²) in [6.45, 7) is 3.39. The molecule has 0 aromatic carbocycles. The van der Waals surface area contributed by atoms with E-state index in [-0.39, 0.29) is 11.8 Å². The second-order valence-electron chi connectivity index (χ2n) is 5.44. The number of nitrogens with zero attached hydrogens (tertiary/aromatic N) is 1. The number of thioether (sulfide) groups is 1. The average Bonchev–Trinajstić information content (AvgIpc) is 2.98. The monoisotopic (exact) mass is 361 g/mol. The maximum atomic E-state index is 11.2. The molecule has 2 N–H and O–H groups in total. The molecule has 1 rings (SSSR count). The first-order valence-electron chi connectivity index (χ1n) is 7.64. The van der Waals surface area contributed by atoms with Gasteiger partial charge in [-0.1, -0.05) is 0 Å². The Labute approximate surface area is 143 Å². The van der Waals surface area contributed by atoms with E-state index in [2.05, 4.69) is 15.6 Å². The number of sulfone groups is 1. The SMILES string of the molecule is CSCCN=C(NCCc1ccco1)NC(C)CCS(C)(=O)=O. The number of nitrogens with one attached hydrogen (secondary N) is 2. The molecule has 0 radical (unpaired) electrons. The number of aliphatic imine (C=N–C) groups is 1. The number of rotatable bonds is 10. The Bertz CT molecular complexity index is 557. The molecule has 0 saturated heterocycles. The van der Waals surface area contributed by atoms with Gasteiger partial charge in [0.15, 0.2) is 5.96 Å². The van der Waals surface area contributed by atoms with E-state index in [1.54, 1.807) is 18.0 Å². The molecule has 1 unspecified atom stereocenters. The van der Waals surface area contributed by atoms with Crippen LogP contribution in [0.2, 0.25) is 0 Å². The summed E-state index contributed by atoms with van der Waals surface area (Å²) in [4.78, 5) is 4.51. The van der Waals surface area contributed by atoms with Crippen LogP contribution in [0.15, 0.2) is 27.8 Å². The van der Waals surface area contributed by atoms with E-state index < -0.39 is 9.84 Å². The van der Waals surface area contributed by atoms with Gasteiger partial charge in [-0.25, -0.2) is 8.42 Å². The van der Waals surface area contributed by atoms with Crippen molar-refractivity contribution in [1.29, 1.82) is 0 Å². The summed E-state index contributed by atoms with van der Waals surface area (Å²) in [6, 6.07) is 3.84. The van der Waals surface area contributed by atoms with E-state index >= 15 is 0 Å². The van der Waals surface area contributed by atoms with Crippen molar-refractivity contribution in [2.45, 2.75) is 25.8 Å². The first kappa shape index (κ1) is 19.9. The first-order valence-corrected chi connectivity index (χ1v) is 11.1. The molecule has 0 aliphatic carbocycles. The van der Waals surface area contributed by atoms with E-state index in [0.29, 0.717) is 18.9 Å². The van der Waals surface area contributed by atoms with Crippen LogP contribution in [-0.4, -0.2) is 57.5 Å². The number of hydrogen-bond donors (Lipinski definition) is 2. The van der Waals surface area contributed by atoms with Crippen LogP contribution in [0.5, 0.6) is 0 Å². The van der Waals surface area contributed by atoms with Crippen molar-refractivity contribution in [3.8, 4) is 0 Å². The van der Waals surface area contributed by atoms with E-state index in [1.807, 2.05) is 25.3 Å². The molecule has 1 heterocycles. The van der Waals surface area contributed by atoms with Crippen molar-refractivity contribution in [2.24, 2.45) is 4.99 Å². The Balaban J connectivity index is 2.45. The molecule has 0 aliphatic rings. The molecule has 0 fully saturated rings. The third-order valence-electron chi connectivity index (χ3n) is 3.11. The van der Waals surface area contributed by atoms with Gasteiger partial charge in [-0.3, -0.25) is 4.99 Å². The predicted octanol–water partition coefficient (Wildman–Crippen LogP) is 1.54. The normalized spacial score (nSPS) is 13.8. The number of hydrogen-bond acceptors (Lipinski definition) is 5. The van der Waals surface area contributed by atoms with Crippen molar-refractivity contribution in [3.05, 3.63) is 24.2 Å². The highest BCUT2D eigenvalue weighted by Gasteiger charge is 2.09. The Hall–Kier alpha value is -1.15. The van der Waals surface area contributed by atoms with E-state index in [0.717, 1.165) is 24.5 Å². The average molecular weight is 362 g/mol. The van der Waals surface area contributed by atoms with E-state index in [9.17, 15) is 8.42 Å². The standard InChI is InChI=1S/C15H27N3O3S2/c1-13(7-12-23(3,19)20)18-15(17-9-11-22-2)16-8-6-14-5-4-10-21-14/h4-5,10,13H,6-9,11-12H2,1-3H3,(H2,16,17,18). The lowest BCUT2D eigenvalue weighted by Gasteiger charge is -2.18. The Morgan fingerprint density at radius 2 is 2.26 bits per heavy atom. The van der Waals surface area contributed by atoms with Gasteiger partial charge in [-0.15, -0.1) is 0 Å². The molecule has 0 spiro atoms. The number of guanidine groups is 1. The fourth-order valence-corrected chi connectivity index (χ4v) is 2.91. The lowest BCUT2D eigenvalue weighted by atomic mass is 10.2. The third-order valence-corrected chi connectivity index (χ3v) is 4.68. The minimum atomic E-state index is -2.94. The van der Waals surface area contributed by atoms with Crippen LogP contribution < -0.4 is 10.6 Å². The highest BCUT2D eigenvalue weighted by molar-refractivity contribution is 7.98. The van der Waals surface area contributed by atoms with Crippen LogP contribution in [-0.2, 0) is 16.3 Å². The first-order chi connectivity index (χ1) is 10.9. The fourth-order valence-electron chi connectivity index (χ4n) is 1.86. The van der Waals surface area contributed by atoms with E-state index in [1.165, 1.54) is 6.26 Å². The molecule has 0 saturated carbocycles. The Morgan fingerprint density at radius 3 is 2.87 bits per heavy atom. The molecular weight excluding hydrogens is 334 g/mol. The third kappa shape index (κ3) is 10.3. The molecule has 1 aromatic heterocycles. The topological polar surface area (TPSA) is 83.7 Å². The summed E-state index contributed by atoms with van der Waals surface area (Å²) in [6.07, 6.45) is 6.29. The van der Waals surface area contributed by atoms with Gasteiger partial charge in [0.25, 0.3) is 0 Å². The smallest absolute Gasteiger partial charge is 0.191 e. The summed E-state index contributed by atoms with van der Waals surface area (Å²) in [5, 5.41) is 6.53. The molecule has 6 nitrogen and oxygen atoms in total. The maximum absolute atomic E-state index is 11.2. The molecular formula is C15H27N3O3S2. The molecule has 8 heteroatoms. The highest BCUT2D eigenvalue weighted by atomic mass is 32.2. The Morgan fingerprint density at radius 1 is 1.48 bits per heavy atom. The van der Waals surface area contributed by atoms with Gasteiger partial charge in [0, 0.05) is 31.0 Å². The zero-order valence-electron chi connectivity index (χ0n) is 14.0. The fraction of sp³-hybridized carbons (Fsp3) is 0.667. The van der Waals surface area contributed by atoms with Crippen molar-refractivity contribution in [3.63, 3.8) is 0 Å². The molecule has 1 aromatic rings. The highest BCUT2D eigenvalue weighted by Crippen LogP contribution is 2.00. The van der Waals surface area contributed by atoms with Crippen LogP contribution in [0.25, 0.3) is 0 Å². The molecule has 0 amide bonds. The summed E-state index contributed by atoms with van der Waals surface area (Å²) in [5.74, 6) is 2.76. The summed E-state index contributed by atoms with van der Waals surface area (Å²) in [5.41, 5.74) is 0. The Kier molecular flexibility index (Phi) is 9.16. The van der Waals surface area contributed by atoms with Crippen LogP contribution in [0.1, 0.15) is 19.1 Å². The van der Waals surface area contributed by atoms with Crippen LogP contribution >= 0.6 is 11.8 Å². The molecule has 0 bridgehead atoms. The summed E-state index contributed by atoms with van der Waals surface area (Å²) < 4.78 is 27.8. The van der Waals surface area contributed by atoms with Gasteiger partial charge in [-0.2, -0.15) is 11.8 Å². The lowest BCUT2D eigenvalue weighted by molar-refractivity contribution is 0.506. The zero-order valence-corrected chi connectivity index (χ0v) is 15.7.